The van der Waals surface area contributed by atoms with E-state index < -0.39 is 29.4 Å². The number of carbonyl (C=O) groups excluding carboxylic acids is 3. The minimum atomic E-state index is -1.16. The monoisotopic (exact) mass is 492 g/mol. The van der Waals surface area contributed by atoms with Gasteiger partial charge in [0, 0.05) is 39.0 Å². The van der Waals surface area contributed by atoms with Gasteiger partial charge in [-0.05, 0) is 33.1 Å². The number of piperidine rings is 1. The van der Waals surface area contributed by atoms with Gasteiger partial charge in [-0.3, -0.25) is 4.79 Å². The van der Waals surface area contributed by atoms with E-state index in [0.29, 0.717) is 38.6 Å². The second-order valence-electron chi connectivity index (χ2n) is 10.9. The number of nitriles is 1. The summed E-state index contributed by atoms with van der Waals surface area (Å²) in [5.74, 6) is 0.147. The van der Waals surface area contributed by atoms with Gasteiger partial charge in [0.15, 0.2) is 6.10 Å². The molecule has 35 heavy (non-hydrogen) atoms. The van der Waals surface area contributed by atoms with Crippen molar-refractivity contribution in [3.8, 4) is 6.07 Å². The van der Waals surface area contributed by atoms with Crippen LogP contribution < -0.4 is 5.32 Å². The molecular formula is C25H40N4O6. The minimum Gasteiger partial charge on any atom is -0.444 e. The van der Waals surface area contributed by atoms with Gasteiger partial charge in [0.25, 0.3) is 5.91 Å². The predicted octanol–water partition coefficient (Wildman–Crippen LogP) is 3.20. The summed E-state index contributed by atoms with van der Waals surface area (Å²) in [6.07, 6.45) is 4.43. The second-order valence-corrected chi connectivity index (χ2v) is 10.9. The number of nitrogens with zero attached hydrogens (tertiary/aromatic N) is 3. The normalized spacial score (nSPS) is 22.0. The summed E-state index contributed by atoms with van der Waals surface area (Å²) in [6, 6.07) is 2.20. The van der Waals surface area contributed by atoms with E-state index in [9.17, 15) is 19.6 Å². The lowest BCUT2D eigenvalue weighted by atomic mass is 9.85. The highest BCUT2D eigenvalue weighted by Gasteiger charge is 2.40. The highest BCUT2D eigenvalue weighted by atomic mass is 16.6. The third-order valence-corrected chi connectivity index (χ3v) is 6.94. The van der Waals surface area contributed by atoms with Crippen LogP contribution in [0.5, 0.6) is 0 Å². The average molecular weight is 493 g/mol. The summed E-state index contributed by atoms with van der Waals surface area (Å²) in [5.41, 5.74) is -1.77. The van der Waals surface area contributed by atoms with Gasteiger partial charge in [-0.15, -0.1) is 0 Å². The van der Waals surface area contributed by atoms with Crippen molar-refractivity contribution < 1.29 is 28.6 Å². The Hall–Kier alpha value is -2.54. The van der Waals surface area contributed by atoms with Crippen LogP contribution in [-0.2, 0) is 19.0 Å². The van der Waals surface area contributed by atoms with E-state index in [2.05, 4.69) is 11.4 Å². The van der Waals surface area contributed by atoms with Gasteiger partial charge < -0.3 is 29.3 Å². The largest absolute Gasteiger partial charge is 0.444 e. The fourth-order valence-corrected chi connectivity index (χ4v) is 4.93. The molecule has 3 rings (SSSR count). The molecule has 3 aliphatic rings. The molecule has 2 aliphatic heterocycles. The molecule has 3 amide bonds. The first kappa shape index (κ1) is 27.1. The molecule has 1 N–H and O–H groups in total. The van der Waals surface area contributed by atoms with Crippen LogP contribution in [0.15, 0.2) is 0 Å². The first-order valence-corrected chi connectivity index (χ1v) is 12.9. The number of likely N-dealkylation sites (tertiary alicyclic amines) is 1. The van der Waals surface area contributed by atoms with Crippen molar-refractivity contribution >= 4 is 18.1 Å². The van der Waals surface area contributed by atoms with Crippen LogP contribution in [0.4, 0.5) is 9.59 Å². The van der Waals surface area contributed by atoms with Gasteiger partial charge in [0.05, 0.1) is 19.3 Å². The summed E-state index contributed by atoms with van der Waals surface area (Å²) in [5, 5.41) is 12.6. The molecule has 0 aromatic heterocycles. The molecule has 0 aromatic rings. The molecule has 10 heteroatoms. The third kappa shape index (κ3) is 7.99. The topological polar surface area (TPSA) is 121 Å². The van der Waals surface area contributed by atoms with Crippen LogP contribution in [0, 0.1) is 17.2 Å². The zero-order chi connectivity index (χ0) is 25.5. The molecule has 10 nitrogen and oxygen atoms in total. The number of nitrogens with one attached hydrogen (secondary N) is 1. The summed E-state index contributed by atoms with van der Waals surface area (Å²) in [6.45, 7) is 7.86. The maximum atomic E-state index is 13.2. The number of hydrogen-bond donors (Lipinski definition) is 1. The molecule has 196 valence electrons. The second kappa shape index (κ2) is 11.9. The van der Waals surface area contributed by atoms with Crippen LogP contribution in [0.25, 0.3) is 0 Å². The standard InChI is InChI=1S/C25H40N4O6/c1-24(2,3)35-23(32)29-11-9-25(18-26,10-12-29)27-22(31)34-20(17-19-7-5-4-6-8-19)21(30)28-13-15-33-16-14-28/h19-20H,4-17H2,1-3H3,(H,27,31). The summed E-state index contributed by atoms with van der Waals surface area (Å²) >= 11 is 0. The molecule has 1 unspecified atom stereocenters. The highest BCUT2D eigenvalue weighted by Crippen LogP contribution is 2.29. The molecule has 0 bridgehead atoms. The third-order valence-electron chi connectivity index (χ3n) is 6.94. The van der Waals surface area contributed by atoms with Gasteiger partial charge in [-0.2, -0.15) is 5.26 Å². The summed E-state index contributed by atoms with van der Waals surface area (Å²) in [7, 11) is 0. The molecule has 0 spiro atoms. The van der Waals surface area contributed by atoms with E-state index in [1.165, 1.54) is 6.42 Å². The van der Waals surface area contributed by atoms with Crippen molar-refractivity contribution in [3.63, 3.8) is 0 Å². The lowest BCUT2D eigenvalue weighted by molar-refractivity contribution is -0.145. The Balaban J connectivity index is 1.60. The van der Waals surface area contributed by atoms with Gasteiger partial charge in [0.1, 0.15) is 11.1 Å². The molecular weight excluding hydrogens is 452 g/mol. The Bertz CT molecular complexity index is 785. The smallest absolute Gasteiger partial charge is 0.410 e. The Morgan fingerprint density at radius 3 is 2.26 bits per heavy atom. The number of morpholine rings is 1. The molecule has 0 aromatic carbocycles. The van der Waals surface area contributed by atoms with Crippen LogP contribution in [0.1, 0.15) is 72.1 Å². The van der Waals surface area contributed by atoms with Crippen LogP contribution in [0.3, 0.4) is 0 Å². The Morgan fingerprint density at radius 2 is 1.69 bits per heavy atom. The predicted molar refractivity (Wildman–Crippen MR) is 127 cm³/mol. The SMILES string of the molecule is CC(C)(C)OC(=O)N1CCC(C#N)(NC(=O)OC(CC2CCCCC2)C(=O)N2CCOCC2)CC1. The number of alkyl carbamates (subject to hydrolysis) is 1. The van der Waals surface area contributed by atoms with Crippen molar-refractivity contribution in [2.24, 2.45) is 5.92 Å². The number of rotatable bonds is 5. The van der Waals surface area contributed by atoms with E-state index in [4.69, 9.17) is 14.2 Å². The number of ether oxygens (including phenoxy) is 3. The fraction of sp³-hybridized carbons (Fsp3) is 0.840. The Morgan fingerprint density at radius 1 is 1.06 bits per heavy atom. The first-order valence-electron chi connectivity index (χ1n) is 12.9. The first-order chi connectivity index (χ1) is 16.6. The maximum absolute atomic E-state index is 13.2. The molecule has 2 heterocycles. The number of hydrogen-bond acceptors (Lipinski definition) is 7. The maximum Gasteiger partial charge on any atom is 0.410 e. The quantitative estimate of drug-likeness (QED) is 0.625. The Labute approximate surface area is 208 Å². The lowest BCUT2D eigenvalue weighted by Crippen LogP contribution is -2.57. The molecule has 2 saturated heterocycles. The fourth-order valence-electron chi connectivity index (χ4n) is 4.93. The van der Waals surface area contributed by atoms with E-state index in [-0.39, 0.29) is 31.8 Å². The number of amides is 3. The van der Waals surface area contributed by atoms with Crippen molar-refractivity contribution in [1.82, 2.24) is 15.1 Å². The zero-order valence-electron chi connectivity index (χ0n) is 21.3. The average Bonchev–Trinajstić information content (AvgIpc) is 2.83. The van der Waals surface area contributed by atoms with Gasteiger partial charge in [-0.25, -0.2) is 9.59 Å². The van der Waals surface area contributed by atoms with Gasteiger partial charge in [0.2, 0.25) is 0 Å². The van der Waals surface area contributed by atoms with Crippen molar-refractivity contribution in [3.05, 3.63) is 0 Å². The highest BCUT2D eigenvalue weighted by molar-refractivity contribution is 5.84. The minimum absolute atomic E-state index is 0.195. The molecule has 0 radical (unpaired) electrons. The van der Waals surface area contributed by atoms with Crippen LogP contribution in [0.2, 0.25) is 0 Å². The molecule has 1 saturated carbocycles. The number of carbonyl (C=O) groups is 3. The molecule has 1 aliphatic carbocycles. The van der Waals surface area contributed by atoms with Crippen LogP contribution in [-0.4, -0.2) is 84.5 Å². The van der Waals surface area contributed by atoms with Crippen molar-refractivity contribution in [2.75, 3.05) is 39.4 Å². The molecule has 1 atom stereocenters. The van der Waals surface area contributed by atoms with E-state index in [0.717, 1.165) is 25.7 Å². The van der Waals surface area contributed by atoms with Crippen molar-refractivity contribution in [1.29, 1.82) is 5.26 Å². The summed E-state index contributed by atoms with van der Waals surface area (Å²) < 4.78 is 16.5. The zero-order valence-corrected chi connectivity index (χ0v) is 21.3. The van der Waals surface area contributed by atoms with Crippen molar-refractivity contribution in [2.45, 2.75) is 89.4 Å². The van der Waals surface area contributed by atoms with Crippen LogP contribution >= 0.6 is 0 Å². The lowest BCUT2D eigenvalue weighted by Gasteiger charge is -2.38. The Kier molecular flexibility index (Phi) is 9.22. The van der Waals surface area contributed by atoms with E-state index in [1.54, 1.807) is 30.6 Å². The van der Waals surface area contributed by atoms with E-state index in [1.807, 2.05) is 0 Å². The summed E-state index contributed by atoms with van der Waals surface area (Å²) in [4.78, 5) is 41.8. The molecule has 3 fully saturated rings. The van der Waals surface area contributed by atoms with Gasteiger partial charge in [-0.1, -0.05) is 32.1 Å². The van der Waals surface area contributed by atoms with Gasteiger partial charge >= 0.3 is 12.2 Å². The van der Waals surface area contributed by atoms with E-state index >= 15 is 0 Å².